The van der Waals surface area contributed by atoms with Crippen LogP contribution in [0, 0.1) is 11.8 Å². The summed E-state index contributed by atoms with van der Waals surface area (Å²) >= 11 is 0. The molecule has 6 atom stereocenters. The first-order chi connectivity index (χ1) is 24.5. The van der Waals surface area contributed by atoms with Crippen LogP contribution in [-0.2, 0) is 35.2 Å². The van der Waals surface area contributed by atoms with Gasteiger partial charge in [-0.05, 0) is 55.9 Å². The van der Waals surface area contributed by atoms with E-state index >= 15 is 0 Å². The highest BCUT2D eigenvalue weighted by atomic mass is 16.3. The van der Waals surface area contributed by atoms with E-state index in [1.54, 1.807) is 30.3 Å². The first-order valence-corrected chi connectivity index (χ1v) is 17.8. The summed E-state index contributed by atoms with van der Waals surface area (Å²) in [7, 11) is 0. The van der Waals surface area contributed by atoms with Gasteiger partial charge in [0.25, 0.3) is 0 Å². The number of hydrogen-bond acceptors (Lipinski definition) is 9. The number of benzene rings is 1. The van der Waals surface area contributed by atoms with Crippen molar-refractivity contribution in [2.75, 3.05) is 19.7 Å². The van der Waals surface area contributed by atoms with Gasteiger partial charge in [-0.15, -0.1) is 0 Å². The van der Waals surface area contributed by atoms with Crippen molar-refractivity contribution in [3.63, 3.8) is 0 Å². The molecule has 0 saturated carbocycles. The van der Waals surface area contributed by atoms with Gasteiger partial charge in [0.05, 0.1) is 6.61 Å². The number of rotatable bonds is 21. The Labute approximate surface area is 305 Å². The van der Waals surface area contributed by atoms with Gasteiger partial charge in [-0.1, -0.05) is 58.0 Å². The molecule has 2 rings (SSSR count). The molecule has 290 valence electrons. The first-order valence-electron chi connectivity index (χ1n) is 17.8. The summed E-state index contributed by atoms with van der Waals surface area (Å²) in [5, 5.41) is 20.3. The molecule has 1 fully saturated rings. The van der Waals surface area contributed by atoms with E-state index in [1.807, 2.05) is 27.7 Å². The lowest BCUT2D eigenvalue weighted by Crippen LogP contribution is -2.60. The largest absolute Gasteiger partial charge is 0.394 e. The molecule has 0 unspecified atom stereocenters. The molecule has 1 aliphatic rings. The van der Waals surface area contributed by atoms with Gasteiger partial charge < -0.3 is 54.2 Å². The first kappa shape index (κ1) is 43.4. The van der Waals surface area contributed by atoms with Gasteiger partial charge in [0.2, 0.25) is 35.4 Å². The number of aliphatic hydroxyl groups is 1. The number of hydrogen-bond donors (Lipinski definition) is 9. The van der Waals surface area contributed by atoms with Crippen LogP contribution in [0.15, 0.2) is 35.3 Å². The zero-order valence-corrected chi connectivity index (χ0v) is 30.7. The fourth-order valence-corrected chi connectivity index (χ4v) is 5.93. The topological polar surface area (TPSA) is 290 Å². The van der Waals surface area contributed by atoms with Gasteiger partial charge >= 0.3 is 0 Å². The molecule has 6 amide bonds. The SMILES string of the molecule is CC(C)C[C@H](NC(=O)[C@H](Cc1ccccc1)NC(=O)[C@@H](N)CO)C(=O)N[C@@H](CC(C)C)C(=O)N[C@H](CCCN=C(N)N)C(=O)N1CCC[C@H]1C(N)=O. The fraction of sp³-hybridized carbons (Fsp3) is 0.629. The van der Waals surface area contributed by atoms with Crippen LogP contribution in [0.4, 0.5) is 0 Å². The maximum Gasteiger partial charge on any atom is 0.245 e. The molecule has 0 bridgehead atoms. The van der Waals surface area contributed by atoms with Crippen molar-refractivity contribution in [3.05, 3.63) is 35.9 Å². The molecule has 17 nitrogen and oxygen atoms in total. The molecule has 0 aromatic heterocycles. The van der Waals surface area contributed by atoms with Gasteiger partial charge in [0.1, 0.15) is 36.3 Å². The van der Waals surface area contributed by atoms with Gasteiger partial charge in [0.15, 0.2) is 5.96 Å². The number of nitrogens with zero attached hydrogens (tertiary/aromatic N) is 2. The van der Waals surface area contributed by atoms with E-state index in [4.69, 9.17) is 22.9 Å². The van der Waals surface area contributed by atoms with Crippen molar-refractivity contribution in [1.82, 2.24) is 26.2 Å². The predicted molar refractivity (Wildman–Crippen MR) is 196 cm³/mol. The van der Waals surface area contributed by atoms with E-state index in [0.717, 1.165) is 5.56 Å². The molecule has 1 aromatic rings. The summed E-state index contributed by atoms with van der Waals surface area (Å²) in [4.78, 5) is 85.2. The fourth-order valence-electron chi connectivity index (χ4n) is 5.93. The molecule has 0 aliphatic carbocycles. The van der Waals surface area contributed by atoms with Crippen molar-refractivity contribution in [2.24, 2.45) is 39.8 Å². The monoisotopic (exact) mass is 730 g/mol. The third-order valence-corrected chi connectivity index (χ3v) is 8.55. The highest BCUT2D eigenvalue weighted by Gasteiger charge is 2.38. The standard InChI is InChI=1S/C35H58N10O7/c1-20(2)16-25(31(49)41-24(12-8-14-40-35(38)39)34(52)45-15-9-13-28(45)29(37)47)43-32(50)26(17-21(3)4)44-33(51)27(42-30(48)23(36)19-46)18-22-10-6-5-7-11-22/h5-7,10-11,20-21,23-28,46H,8-9,12-19,36H2,1-4H3,(H2,37,47)(H,41,49)(H,42,48)(H,43,50)(H,44,51)(H4,38,39,40)/t23-,24+,25-,26-,27-,28-/m0/s1. The molecular formula is C35H58N10O7. The van der Waals surface area contributed by atoms with Crippen LogP contribution in [-0.4, -0.2) is 107 Å². The minimum absolute atomic E-state index is 0.0655. The van der Waals surface area contributed by atoms with Crippen molar-refractivity contribution < 1.29 is 33.9 Å². The quantitative estimate of drug-likeness (QED) is 0.0385. The molecule has 13 N–H and O–H groups in total. The molecule has 0 radical (unpaired) electrons. The third kappa shape index (κ3) is 14.5. The summed E-state index contributed by atoms with van der Waals surface area (Å²) in [6.07, 6.45) is 1.95. The summed E-state index contributed by atoms with van der Waals surface area (Å²) in [5.41, 5.74) is 22.9. The van der Waals surface area contributed by atoms with Crippen LogP contribution in [0.3, 0.4) is 0 Å². The number of carbonyl (C=O) groups excluding carboxylic acids is 6. The zero-order valence-electron chi connectivity index (χ0n) is 30.7. The number of likely N-dealkylation sites (tertiary alicyclic amines) is 1. The maximum atomic E-state index is 13.9. The minimum atomic E-state index is -1.26. The number of carbonyl (C=O) groups is 6. The molecule has 1 heterocycles. The summed E-state index contributed by atoms with van der Waals surface area (Å²) in [6.45, 7) is 7.33. The Kier molecular flexibility index (Phi) is 18.0. The average molecular weight is 731 g/mol. The number of aliphatic hydroxyl groups excluding tert-OH is 1. The van der Waals surface area contributed by atoms with Gasteiger partial charge in [-0.3, -0.25) is 33.8 Å². The predicted octanol–water partition coefficient (Wildman–Crippen LogP) is -1.89. The zero-order chi connectivity index (χ0) is 39.0. The minimum Gasteiger partial charge on any atom is -0.394 e. The van der Waals surface area contributed by atoms with Gasteiger partial charge in [-0.2, -0.15) is 0 Å². The lowest BCUT2D eigenvalue weighted by atomic mass is 9.98. The third-order valence-electron chi connectivity index (χ3n) is 8.55. The summed E-state index contributed by atoms with van der Waals surface area (Å²) in [6, 6.07) is 2.47. The van der Waals surface area contributed by atoms with Crippen LogP contribution in [0.2, 0.25) is 0 Å². The smallest absolute Gasteiger partial charge is 0.245 e. The van der Waals surface area contributed by atoms with Crippen LogP contribution in [0.1, 0.15) is 71.8 Å². The Morgan fingerprint density at radius 2 is 1.33 bits per heavy atom. The molecule has 17 heteroatoms. The second kappa shape index (κ2) is 21.6. The molecule has 0 spiro atoms. The van der Waals surface area contributed by atoms with E-state index in [0.29, 0.717) is 25.8 Å². The van der Waals surface area contributed by atoms with E-state index in [1.165, 1.54) is 4.90 Å². The second-order valence-corrected chi connectivity index (χ2v) is 14.0. The molecule has 1 saturated heterocycles. The molecule has 1 aromatic carbocycles. The molecular weight excluding hydrogens is 672 g/mol. The van der Waals surface area contributed by atoms with E-state index in [9.17, 15) is 33.9 Å². The molecule has 1 aliphatic heterocycles. The lowest BCUT2D eigenvalue weighted by Gasteiger charge is -2.30. The Balaban J connectivity index is 2.32. The van der Waals surface area contributed by atoms with E-state index < -0.39 is 78.3 Å². The normalized spacial score (nSPS) is 17.0. The van der Waals surface area contributed by atoms with Crippen molar-refractivity contribution in [1.29, 1.82) is 0 Å². The van der Waals surface area contributed by atoms with E-state index in [-0.39, 0.29) is 50.0 Å². The number of guanidine groups is 1. The Morgan fingerprint density at radius 3 is 1.83 bits per heavy atom. The van der Waals surface area contributed by atoms with Crippen molar-refractivity contribution in [3.8, 4) is 0 Å². The second-order valence-electron chi connectivity index (χ2n) is 14.0. The highest BCUT2D eigenvalue weighted by Crippen LogP contribution is 2.20. The number of nitrogens with two attached hydrogens (primary N) is 4. The average Bonchev–Trinajstić information content (AvgIpc) is 3.58. The number of nitrogens with one attached hydrogen (secondary N) is 4. The van der Waals surface area contributed by atoms with Crippen molar-refractivity contribution >= 4 is 41.4 Å². The van der Waals surface area contributed by atoms with Crippen LogP contribution in [0.25, 0.3) is 0 Å². The Bertz CT molecular complexity index is 1390. The summed E-state index contributed by atoms with van der Waals surface area (Å²) < 4.78 is 0. The number of aliphatic imine (C=N–C) groups is 1. The molecule has 52 heavy (non-hydrogen) atoms. The van der Waals surface area contributed by atoms with Crippen LogP contribution >= 0.6 is 0 Å². The highest BCUT2D eigenvalue weighted by molar-refractivity contribution is 5.96. The van der Waals surface area contributed by atoms with Gasteiger partial charge in [-0.25, -0.2) is 0 Å². The maximum absolute atomic E-state index is 13.9. The van der Waals surface area contributed by atoms with Crippen molar-refractivity contribution in [2.45, 2.75) is 109 Å². The van der Waals surface area contributed by atoms with Crippen LogP contribution < -0.4 is 44.2 Å². The summed E-state index contributed by atoms with van der Waals surface area (Å²) in [5.74, 6) is -4.03. The number of amides is 6. The van der Waals surface area contributed by atoms with Gasteiger partial charge in [0, 0.05) is 19.5 Å². The lowest BCUT2D eigenvalue weighted by molar-refractivity contribution is -0.141. The van der Waals surface area contributed by atoms with Crippen LogP contribution in [0.5, 0.6) is 0 Å². The Morgan fingerprint density at radius 1 is 0.808 bits per heavy atom. The Hall–Kier alpha value is -4.77. The van der Waals surface area contributed by atoms with E-state index in [2.05, 4.69) is 26.3 Å². The number of primary amides is 1.